The van der Waals surface area contributed by atoms with E-state index in [0.29, 0.717) is 6.54 Å². The van der Waals surface area contributed by atoms with E-state index in [0.717, 1.165) is 0 Å². The highest BCUT2D eigenvalue weighted by Crippen LogP contribution is 2.07. The summed E-state index contributed by atoms with van der Waals surface area (Å²) in [4.78, 5) is 13.2. The van der Waals surface area contributed by atoms with Crippen LogP contribution in [0.5, 0.6) is 0 Å². The Bertz CT molecular complexity index is 328. The second-order valence-electron chi connectivity index (χ2n) is 3.94. The van der Waals surface area contributed by atoms with E-state index < -0.39 is 19.1 Å². The Morgan fingerprint density at radius 3 is 3.00 bits per heavy atom. The number of alkyl halides is 2. The Hall–Kier alpha value is -1.48. The summed E-state index contributed by atoms with van der Waals surface area (Å²) >= 11 is 0. The Morgan fingerprint density at radius 2 is 2.37 bits per heavy atom. The summed E-state index contributed by atoms with van der Waals surface area (Å²) in [6.07, 6.45) is -3.18. The molecule has 0 aliphatic carbocycles. The molecule has 1 fully saturated rings. The minimum atomic E-state index is -2.54. The number of amidine groups is 1. The van der Waals surface area contributed by atoms with Crippen molar-refractivity contribution in [2.24, 2.45) is 10.9 Å². The maximum atomic E-state index is 11.8. The number of carbonyl (C=O) groups is 1. The van der Waals surface area contributed by atoms with Gasteiger partial charge in [0, 0.05) is 6.54 Å². The van der Waals surface area contributed by atoms with Gasteiger partial charge < -0.3 is 25.3 Å². The van der Waals surface area contributed by atoms with Crippen LogP contribution in [0.1, 0.15) is 6.42 Å². The van der Waals surface area contributed by atoms with Crippen molar-refractivity contribution in [2.45, 2.75) is 19.0 Å². The molecule has 0 aromatic heterocycles. The van der Waals surface area contributed by atoms with Crippen molar-refractivity contribution in [1.29, 1.82) is 0 Å². The number of hydrogen-bond donors (Lipinski definition) is 2. The third kappa shape index (κ3) is 5.35. The topological polar surface area (TPSA) is 97.4 Å². The van der Waals surface area contributed by atoms with Gasteiger partial charge in [0.15, 0.2) is 5.84 Å². The van der Waals surface area contributed by atoms with E-state index in [9.17, 15) is 13.6 Å². The average Bonchev–Trinajstić information content (AvgIpc) is 2.42. The lowest BCUT2D eigenvalue weighted by Gasteiger charge is -2.32. The number of oxime groups is 1. The first-order valence-electron chi connectivity index (χ1n) is 5.77. The smallest absolute Gasteiger partial charge is 0.261 e. The number of halogens is 2. The molecule has 1 aliphatic rings. The molecule has 1 unspecified atom stereocenters. The summed E-state index contributed by atoms with van der Waals surface area (Å²) in [5, 5.41) is 11.3. The number of rotatable bonds is 6. The fourth-order valence-corrected chi connectivity index (χ4v) is 1.61. The van der Waals surface area contributed by atoms with Crippen molar-refractivity contribution in [2.75, 3.05) is 32.9 Å². The fourth-order valence-electron chi connectivity index (χ4n) is 1.61. The van der Waals surface area contributed by atoms with E-state index in [1.54, 1.807) is 0 Å². The molecule has 0 bridgehead atoms. The molecule has 1 atom stereocenters. The van der Waals surface area contributed by atoms with Gasteiger partial charge in [-0.1, -0.05) is 5.16 Å². The van der Waals surface area contributed by atoms with Gasteiger partial charge in [-0.05, 0) is 0 Å². The van der Waals surface area contributed by atoms with Gasteiger partial charge in [-0.3, -0.25) is 4.79 Å². The lowest BCUT2D eigenvalue weighted by molar-refractivity contribution is -0.138. The first kappa shape index (κ1) is 15.6. The van der Waals surface area contributed by atoms with Gasteiger partial charge in [0.1, 0.15) is 12.7 Å². The van der Waals surface area contributed by atoms with Crippen LogP contribution >= 0.6 is 0 Å². The maximum Gasteiger partial charge on any atom is 0.261 e. The summed E-state index contributed by atoms with van der Waals surface area (Å²) in [5.74, 6) is -0.347. The monoisotopic (exact) mass is 281 g/mol. The van der Waals surface area contributed by atoms with Crippen LogP contribution in [-0.4, -0.2) is 67.3 Å². The number of amides is 1. The summed E-state index contributed by atoms with van der Waals surface area (Å²) in [7, 11) is 0. The normalized spacial score (nSPS) is 20.9. The molecule has 0 aromatic rings. The van der Waals surface area contributed by atoms with Gasteiger partial charge in [-0.2, -0.15) is 0 Å². The number of carbonyl (C=O) groups excluding carboxylic acids is 1. The molecule has 1 heterocycles. The molecule has 1 rings (SSSR count). The Labute approximate surface area is 108 Å². The predicted octanol–water partition coefficient (Wildman–Crippen LogP) is -0.368. The average molecular weight is 281 g/mol. The number of hydrogen-bond acceptors (Lipinski definition) is 5. The van der Waals surface area contributed by atoms with Crippen molar-refractivity contribution in [3.63, 3.8) is 0 Å². The minimum absolute atomic E-state index is 0.00954. The molecule has 1 saturated heterocycles. The van der Waals surface area contributed by atoms with Crippen molar-refractivity contribution >= 4 is 11.7 Å². The second kappa shape index (κ2) is 7.85. The van der Waals surface area contributed by atoms with Crippen molar-refractivity contribution < 1.29 is 28.3 Å². The maximum absolute atomic E-state index is 11.8. The van der Waals surface area contributed by atoms with Crippen LogP contribution in [-0.2, 0) is 14.3 Å². The number of nitrogens with two attached hydrogens (primary N) is 1. The van der Waals surface area contributed by atoms with Crippen molar-refractivity contribution in [3.8, 4) is 0 Å². The lowest BCUT2D eigenvalue weighted by Crippen LogP contribution is -2.50. The zero-order chi connectivity index (χ0) is 14.3. The molecule has 7 nitrogen and oxygen atoms in total. The Balaban J connectivity index is 2.32. The minimum Gasteiger partial charge on any atom is -0.409 e. The van der Waals surface area contributed by atoms with Crippen LogP contribution < -0.4 is 5.73 Å². The van der Waals surface area contributed by atoms with E-state index in [-0.39, 0.29) is 37.9 Å². The molecule has 0 aromatic carbocycles. The Kier molecular flexibility index (Phi) is 6.43. The summed E-state index contributed by atoms with van der Waals surface area (Å²) in [6.45, 7) is 0.0783. The van der Waals surface area contributed by atoms with Gasteiger partial charge in [0.05, 0.1) is 26.2 Å². The van der Waals surface area contributed by atoms with Crippen LogP contribution in [0.4, 0.5) is 8.78 Å². The van der Waals surface area contributed by atoms with Gasteiger partial charge >= 0.3 is 0 Å². The van der Waals surface area contributed by atoms with Crippen molar-refractivity contribution in [3.05, 3.63) is 0 Å². The van der Waals surface area contributed by atoms with E-state index in [1.165, 1.54) is 4.90 Å². The number of nitrogens with zero attached hydrogens (tertiary/aromatic N) is 2. The molecular formula is C10H17F2N3O4. The molecule has 1 aliphatic heterocycles. The zero-order valence-electron chi connectivity index (χ0n) is 10.3. The molecule has 0 spiro atoms. The summed E-state index contributed by atoms with van der Waals surface area (Å²) < 4.78 is 33.5. The number of ether oxygens (including phenoxy) is 2. The molecular weight excluding hydrogens is 264 g/mol. The largest absolute Gasteiger partial charge is 0.409 e. The van der Waals surface area contributed by atoms with Gasteiger partial charge in [-0.25, -0.2) is 8.78 Å². The second-order valence-corrected chi connectivity index (χ2v) is 3.94. The fraction of sp³-hybridized carbons (Fsp3) is 0.800. The first-order chi connectivity index (χ1) is 9.04. The molecule has 9 heteroatoms. The highest BCUT2D eigenvalue weighted by atomic mass is 19.3. The third-order valence-electron chi connectivity index (χ3n) is 2.57. The van der Waals surface area contributed by atoms with E-state index >= 15 is 0 Å². The molecule has 110 valence electrons. The van der Waals surface area contributed by atoms with E-state index in [4.69, 9.17) is 15.7 Å². The number of morpholine rings is 1. The highest BCUT2D eigenvalue weighted by molar-refractivity contribution is 5.85. The van der Waals surface area contributed by atoms with Crippen molar-refractivity contribution in [1.82, 2.24) is 4.90 Å². The molecule has 3 N–H and O–H groups in total. The van der Waals surface area contributed by atoms with Crippen LogP contribution in [0.15, 0.2) is 5.16 Å². The van der Waals surface area contributed by atoms with Crippen LogP contribution in [0, 0.1) is 0 Å². The first-order valence-corrected chi connectivity index (χ1v) is 5.77. The van der Waals surface area contributed by atoms with Gasteiger partial charge in [-0.15, -0.1) is 0 Å². The third-order valence-corrected chi connectivity index (χ3v) is 2.57. The Morgan fingerprint density at radius 1 is 1.63 bits per heavy atom. The molecule has 1 amide bonds. The van der Waals surface area contributed by atoms with Crippen LogP contribution in [0.2, 0.25) is 0 Å². The van der Waals surface area contributed by atoms with E-state index in [2.05, 4.69) is 9.89 Å². The standard InChI is InChI=1S/C10H17F2N3O4/c11-8(12)6-18-3-1-9(16)15-2-4-19-7(5-15)10(13)14-17/h7-8,17H,1-6H2,(H2,13,14). The molecule has 0 radical (unpaired) electrons. The van der Waals surface area contributed by atoms with Crippen LogP contribution in [0.3, 0.4) is 0 Å². The molecule has 0 saturated carbocycles. The van der Waals surface area contributed by atoms with E-state index in [1.807, 2.05) is 0 Å². The zero-order valence-corrected chi connectivity index (χ0v) is 10.3. The summed E-state index contributed by atoms with van der Waals surface area (Å²) in [6, 6.07) is 0. The van der Waals surface area contributed by atoms with Crippen LogP contribution in [0.25, 0.3) is 0 Å². The highest BCUT2D eigenvalue weighted by Gasteiger charge is 2.26. The van der Waals surface area contributed by atoms with Gasteiger partial charge in [0.25, 0.3) is 6.43 Å². The molecule has 19 heavy (non-hydrogen) atoms. The summed E-state index contributed by atoms with van der Waals surface area (Å²) in [5.41, 5.74) is 5.39. The SMILES string of the molecule is NC(=NO)C1CN(C(=O)CCOCC(F)F)CCO1. The quantitative estimate of drug-likeness (QED) is 0.228. The lowest BCUT2D eigenvalue weighted by atomic mass is 10.2. The predicted molar refractivity (Wildman–Crippen MR) is 61.2 cm³/mol. The van der Waals surface area contributed by atoms with Gasteiger partial charge in [0.2, 0.25) is 5.91 Å².